The molecule has 0 heterocycles. The van der Waals surface area contributed by atoms with Crippen LogP contribution in [0.1, 0.15) is 129 Å². The number of hydrogen-bond acceptors (Lipinski definition) is 2. The standard InChI is InChI=1S/C22H44O2.Ca.2H/c1-3-4-5-6-7-8-9-10-11-12-13-14-15-16-17-18-19-20-21-24-22(2)23;;;/h3-21H2,1-2H3;;;. The van der Waals surface area contributed by atoms with Gasteiger partial charge in [-0.05, 0) is 6.42 Å². The van der Waals surface area contributed by atoms with E-state index in [1.807, 2.05) is 0 Å². The number of rotatable bonds is 19. The number of esters is 1. The molecular weight excluding hydrogens is 336 g/mol. The second-order valence-corrected chi connectivity index (χ2v) is 7.35. The van der Waals surface area contributed by atoms with E-state index in [1.165, 1.54) is 116 Å². The molecule has 0 aromatic heterocycles. The van der Waals surface area contributed by atoms with Crippen molar-refractivity contribution >= 4 is 43.7 Å². The van der Waals surface area contributed by atoms with E-state index in [1.54, 1.807) is 0 Å². The van der Waals surface area contributed by atoms with E-state index in [9.17, 15) is 4.79 Å². The van der Waals surface area contributed by atoms with Crippen LogP contribution in [0.2, 0.25) is 0 Å². The third-order valence-electron chi connectivity index (χ3n) is 4.80. The average Bonchev–Trinajstić information content (AvgIpc) is 2.56. The molecule has 148 valence electrons. The minimum absolute atomic E-state index is 0. The molecule has 0 aliphatic carbocycles. The van der Waals surface area contributed by atoms with Crippen molar-refractivity contribution in [2.75, 3.05) is 6.61 Å². The van der Waals surface area contributed by atoms with Gasteiger partial charge in [-0.1, -0.05) is 116 Å². The number of carbonyl (C=O) groups excluding carboxylic acids is 1. The number of ether oxygens (including phenoxy) is 1. The Bertz CT molecular complexity index is 256. The maximum atomic E-state index is 10.6. The fourth-order valence-corrected chi connectivity index (χ4v) is 3.22. The fourth-order valence-electron chi connectivity index (χ4n) is 3.22. The van der Waals surface area contributed by atoms with Crippen LogP contribution in [0.5, 0.6) is 0 Å². The second kappa shape index (κ2) is 24.7. The van der Waals surface area contributed by atoms with Crippen LogP contribution in [0.25, 0.3) is 0 Å². The first kappa shape index (κ1) is 27.9. The van der Waals surface area contributed by atoms with Crippen molar-refractivity contribution in [2.45, 2.75) is 129 Å². The van der Waals surface area contributed by atoms with E-state index in [0.29, 0.717) is 6.61 Å². The summed E-state index contributed by atoms with van der Waals surface area (Å²) in [6.07, 6.45) is 24.9. The predicted molar refractivity (Wildman–Crippen MR) is 114 cm³/mol. The first-order valence-corrected chi connectivity index (χ1v) is 10.9. The van der Waals surface area contributed by atoms with Gasteiger partial charge >= 0.3 is 43.7 Å². The molecule has 0 radical (unpaired) electrons. The molecule has 0 saturated heterocycles. The summed E-state index contributed by atoms with van der Waals surface area (Å²) < 4.78 is 4.93. The zero-order chi connectivity index (χ0) is 17.7. The van der Waals surface area contributed by atoms with E-state index < -0.39 is 0 Å². The first-order valence-electron chi connectivity index (χ1n) is 10.9. The third kappa shape index (κ3) is 27.1. The van der Waals surface area contributed by atoms with E-state index in [-0.39, 0.29) is 43.7 Å². The van der Waals surface area contributed by atoms with Crippen LogP contribution in [-0.4, -0.2) is 50.3 Å². The molecule has 0 bridgehead atoms. The van der Waals surface area contributed by atoms with Crippen molar-refractivity contribution < 1.29 is 9.53 Å². The normalized spacial score (nSPS) is 10.5. The Labute approximate surface area is 188 Å². The molecule has 0 fully saturated rings. The summed E-state index contributed by atoms with van der Waals surface area (Å²) in [6.45, 7) is 4.37. The molecule has 0 aliphatic heterocycles. The van der Waals surface area contributed by atoms with Crippen molar-refractivity contribution in [1.82, 2.24) is 0 Å². The molecule has 2 nitrogen and oxygen atoms in total. The summed E-state index contributed by atoms with van der Waals surface area (Å²) in [5.74, 6) is -0.151. The van der Waals surface area contributed by atoms with E-state index in [4.69, 9.17) is 4.74 Å². The number of carbonyl (C=O) groups is 1. The number of unbranched alkanes of at least 4 members (excludes halogenated alkanes) is 17. The zero-order valence-electron chi connectivity index (χ0n) is 16.8. The Hall–Kier alpha value is 0.730. The van der Waals surface area contributed by atoms with Crippen molar-refractivity contribution in [2.24, 2.45) is 0 Å². The molecule has 0 atom stereocenters. The van der Waals surface area contributed by atoms with Gasteiger partial charge in [-0.2, -0.15) is 0 Å². The summed E-state index contributed by atoms with van der Waals surface area (Å²) in [5.41, 5.74) is 0. The molecule has 0 aliphatic rings. The van der Waals surface area contributed by atoms with Crippen molar-refractivity contribution in [3.8, 4) is 0 Å². The van der Waals surface area contributed by atoms with Crippen molar-refractivity contribution in [3.63, 3.8) is 0 Å². The molecule has 0 amide bonds. The summed E-state index contributed by atoms with van der Waals surface area (Å²) in [5, 5.41) is 0. The Morgan fingerprint density at radius 1 is 0.560 bits per heavy atom. The molecule has 0 N–H and O–H groups in total. The number of hydrogen-bond donors (Lipinski definition) is 0. The summed E-state index contributed by atoms with van der Waals surface area (Å²) in [7, 11) is 0. The van der Waals surface area contributed by atoms with Crippen molar-refractivity contribution in [1.29, 1.82) is 0 Å². The Morgan fingerprint density at radius 2 is 0.840 bits per heavy atom. The molecule has 0 rings (SSSR count). The third-order valence-corrected chi connectivity index (χ3v) is 4.80. The Morgan fingerprint density at radius 3 is 1.12 bits per heavy atom. The minimum atomic E-state index is -0.151. The average molecular weight is 383 g/mol. The fraction of sp³-hybridized carbons (Fsp3) is 0.955. The van der Waals surface area contributed by atoms with Crippen LogP contribution < -0.4 is 0 Å². The monoisotopic (exact) mass is 382 g/mol. The first-order chi connectivity index (χ1) is 11.8. The van der Waals surface area contributed by atoms with Gasteiger partial charge in [0.05, 0.1) is 6.61 Å². The Kier molecular flexibility index (Phi) is 27.6. The molecular formula is C22H46CaO2. The van der Waals surface area contributed by atoms with Crippen LogP contribution in [0, 0.1) is 0 Å². The molecule has 0 spiro atoms. The van der Waals surface area contributed by atoms with Crippen LogP contribution in [0.4, 0.5) is 0 Å². The van der Waals surface area contributed by atoms with Crippen LogP contribution >= 0.6 is 0 Å². The summed E-state index contributed by atoms with van der Waals surface area (Å²) in [4.78, 5) is 10.6. The van der Waals surface area contributed by atoms with Gasteiger partial charge in [0.1, 0.15) is 0 Å². The molecule has 25 heavy (non-hydrogen) atoms. The van der Waals surface area contributed by atoms with Gasteiger partial charge in [0.15, 0.2) is 0 Å². The van der Waals surface area contributed by atoms with Crippen LogP contribution in [0.15, 0.2) is 0 Å². The quantitative estimate of drug-likeness (QED) is 0.141. The van der Waals surface area contributed by atoms with Gasteiger partial charge in [-0.3, -0.25) is 4.79 Å². The van der Waals surface area contributed by atoms with Gasteiger partial charge in [0.25, 0.3) is 0 Å². The SMILES string of the molecule is CCCCCCCCCCCCCCCCCCCCOC(C)=O.[CaH2]. The van der Waals surface area contributed by atoms with Crippen LogP contribution in [0.3, 0.4) is 0 Å². The predicted octanol–water partition coefficient (Wildman–Crippen LogP) is 6.68. The molecule has 0 aromatic rings. The molecule has 0 saturated carbocycles. The zero-order valence-corrected chi connectivity index (χ0v) is 16.8. The van der Waals surface area contributed by atoms with Crippen molar-refractivity contribution in [3.05, 3.63) is 0 Å². The van der Waals surface area contributed by atoms with Gasteiger partial charge in [0, 0.05) is 6.92 Å². The van der Waals surface area contributed by atoms with Gasteiger partial charge in [-0.15, -0.1) is 0 Å². The maximum absolute atomic E-state index is 10.6. The molecule has 0 unspecified atom stereocenters. The summed E-state index contributed by atoms with van der Waals surface area (Å²) in [6, 6.07) is 0. The summed E-state index contributed by atoms with van der Waals surface area (Å²) >= 11 is 0. The second-order valence-electron chi connectivity index (χ2n) is 7.35. The topological polar surface area (TPSA) is 26.3 Å². The van der Waals surface area contributed by atoms with Gasteiger partial charge < -0.3 is 4.74 Å². The van der Waals surface area contributed by atoms with E-state index >= 15 is 0 Å². The van der Waals surface area contributed by atoms with E-state index in [2.05, 4.69) is 6.92 Å². The van der Waals surface area contributed by atoms with Crippen LogP contribution in [-0.2, 0) is 9.53 Å². The van der Waals surface area contributed by atoms with Gasteiger partial charge in [-0.25, -0.2) is 0 Å². The molecule has 0 aromatic carbocycles. The van der Waals surface area contributed by atoms with Gasteiger partial charge in [0.2, 0.25) is 0 Å². The van der Waals surface area contributed by atoms with E-state index in [0.717, 1.165) is 6.42 Å². The Balaban J connectivity index is 0. The molecule has 3 heteroatoms.